The highest BCUT2D eigenvalue weighted by atomic mass is 19.1. The molecule has 0 atom stereocenters. The third-order valence-corrected chi connectivity index (χ3v) is 2.75. The van der Waals surface area contributed by atoms with Crippen molar-refractivity contribution in [3.05, 3.63) is 53.6 Å². The number of rotatable bonds is 3. The molecule has 2 aromatic carbocycles. The lowest BCUT2D eigenvalue weighted by molar-refractivity contribution is 0.386. The van der Waals surface area contributed by atoms with Gasteiger partial charge in [0.15, 0.2) is 11.6 Å². The van der Waals surface area contributed by atoms with Crippen LogP contribution in [0.25, 0.3) is 11.1 Å². The Labute approximate surface area is 104 Å². The second-order valence-electron chi connectivity index (χ2n) is 3.86. The van der Waals surface area contributed by atoms with Crippen LogP contribution in [0.15, 0.2) is 36.4 Å². The summed E-state index contributed by atoms with van der Waals surface area (Å²) in [4.78, 5) is 0. The fourth-order valence-electron chi connectivity index (χ4n) is 1.76. The van der Waals surface area contributed by atoms with Gasteiger partial charge >= 0.3 is 0 Å². The number of methoxy groups -OCH3 is 1. The SMILES string of the molecule is COc1ccc(-c2ccc(F)c(CN)c2)cc1F. The lowest BCUT2D eigenvalue weighted by atomic mass is 10.0. The van der Waals surface area contributed by atoms with Crippen LogP contribution in [0, 0.1) is 11.6 Å². The summed E-state index contributed by atoms with van der Waals surface area (Å²) in [5.74, 6) is -0.622. The molecule has 0 heterocycles. The summed E-state index contributed by atoms with van der Waals surface area (Å²) < 4.78 is 31.7. The zero-order valence-electron chi connectivity index (χ0n) is 9.91. The summed E-state index contributed by atoms with van der Waals surface area (Å²) in [5, 5.41) is 0. The predicted octanol–water partition coefficient (Wildman–Crippen LogP) is 3.10. The fourth-order valence-corrected chi connectivity index (χ4v) is 1.76. The van der Waals surface area contributed by atoms with E-state index in [2.05, 4.69) is 0 Å². The molecule has 2 N–H and O–H groups in total. The first kappa shape index (κ1) is 12.5. The average Bonchev–Trinajstić information content (AvgIpc) is 2.39. The molecule has 0 saturated heterocycles. The number of ether oxygens (including phenoxy) is 1. The molecule has 0 spiro atoms. The number of nitrogens with two attached hydrogens (primary N) is 1. The quantitative estimate of drug-likeness (QED) is 0.907. The maximum absolute atomic E-state index is 13.6. The Balaban J connectivity index is 2.45. The maximum atomic E-state index is 13.6. The third kappa shape index (κ3) is 2.33. The van der Waals surface area contributed by atoms with E-state index in [0.29, 0.717) is 11.1 Å². The average molecular weight is 249 g/mol. The lowest BCUT2D eigenvalue weighted by Crippen LogP contribution is -2.00. The molecular weight excluding hydrogens is 236 g/mol. The number of hydrogen-bond acceptors (Lipinski definition) is 2. The normalized spacial score (nSPS) is 10.4. The van der Waals surface area contributed by atoms with E-state index in [4.69, 9.17) is 10.5 Å². The van der Waals surface area contributed by atoms with Crippen molar-refractivity contribution in [3.63, 3.8) is 0 Å². The van der Waals surface area contributed by atoms with E-state index in [-0.39, 0.29) is 18.1 Å². The van der Waals surface area contributed by atoms with E-state index in [9.17, 15) is 8.78 Å². The van der Waals surface area contributed by atoms with Crippen LogP contribution in [-0.4, -0.2) is 7.11 Å². The van der Waals surface area contributed by atoms with E-state index >= 15 is 0 Å². The Bertz CT molecular complexity index is 570. The van der Waals surface area contributed by atoms with Gasteiger partial charge in [-0.3, -0.25) is 0 Å². The van der Waals surface area contributed by atoms with Crippen molar-refractivity contribution in [1.29, 1.82) is 0 Å². The van der Waals surface area contributed by atoms with Gasteiger partial charge in [0, 0.05) is 12.1 Å². The third-order valence-electron chi connectivity index (χ3n) is 2.75. The van der Waals surface area contributed by atoms with Crippen LogP contribution < -0.4 is 10.5 Å². The molecule has 0 unspecified atom stereocenters. The molecule has 2 nitrogen and oxygen atoms in total. The summed E-state index contributed by atoms with van der Waals surface area (Å²) in [6.45, 7) is 0.109. The molecule has 94 valence electrons. The topological polar surface area (TPSA) is 35.2 Å². The smallest absolute Gasteiger partial charge is 0.165 e. The highest BCUT2D eigenvalue weighted by molar-refractivity contribution is 5.65. The molecule has 0 aromatic heterocycles. The zero-order chi connectivity index (χ0) is 13.1. The van der Waals surface area contributed by atoms with Crippen LogP contribution in [-0.2, 0) is 6.54 Å². The second-order valence-corrected chi connectivity index (χ2v) is 3.86. The van der Waals surface area contributed by atoms with Gasteiger partial charge in [0.05, 0.1) is 7.11 Å². The highest BCUT2D eigenvalue weighted by Crippen LogP contribution is 2.26. The molecular formula is C14H13F2NO. The first-order chi connectivity index (χ1) is 8.65. The lowest BCUT2D eigenvalue weighted by Gasteiger charge is -2.07. The van der Waals surface area contributed by atoms with Crippen molar-refractivity contribution < 1.29 is 13.5 Å². The second kappa shape index (κ2) is 5.14. The Morgan fingerprint density at radius 2 is 1.67 bits per heavy atom. The van der Waals surface area contributed by atoms with Crippen molar-refractivity contribution in [2.75, 3.05) is 7.11 Å². The monoisotopic (exact) mass is 249 g/mol. The van der Waals surface area contributed by atoms with Crippen molar-refractivity contribution in [2.45, 2.75) is 6.54 Å². The van der Waals surface area contributed by atoms with Crippen molar-refractivity contribution in [1.82, 2.24) is 0 Å². The van der Waals surface area contributed by atoms with Crippen LogP contribution in [0.1, 0.15) is 5.56 Å². The summed E-state index contributed by atoms with van der Waals surface area (Å²) in [7, 11) is 1.41. The molecule has 2 rings (SSSR count). The Kier molecular flexibility index (Phi) is 3.58. The number of hydrogen-bond donors (Lipinski definition) is 1. The maximum Gasteiger partial charge on any atom is 0.165 e. The van der Waals surface area contributed by atoms with Gasteiger partial charge in [-0.15, -0.1) is 0 Å². The van der Waals surface area contributed by atoms with Crippen LogP contribution in [0.2, 0.25) is 0 Å². The predicted molar refractivity (Wildman–Crippen MR) is 66.2 cm³/mol. The first-order valence-electron chi connectivity index (χ1n) is 5.48. The van der Waals surface area contributed by atoms with E-state index in [1.807, 2.05) is 0 Å². The minimum atomic E-state index is -0.450. The Hall–Kier alpha value is -1.94. The van der Waals surface area contributed by atoms with Gasteiger partial charge < -0.3 is 10.5 Å². The van der Waals surface area contributed by atoms with Crippen LogP contribution in [0.4, 0.5) is 8.78 Å². The van der Waals surface area contributed by atoms with E-state index in [1.165, 1.54) is 25.3 Å². The largest absolute Gasteiger partial charge is 0.494 e. The van der Waals surface area contributed by atoms with Crippen molar-refractivity contribution >= 4 is 0 Å². The standard InChI is InChI=1S/C14H13F2NO/c1-18-14-5-3-10(7-13(14)16)9-2-4-12(15)11(6-9)8-17/h2-7H,8,17H2,1H3. The summed E-state index contributed by atoms with van der Waals surface area (Å²) in [6.07, 6.45) is 0. The van der Waals surface area contributed by atoms with E-state index < -0.39 is 5.82 Å². The van der Waals surface area contributed by atoms with Gasteiger partial charge in [-0.25, -0.2) is 8.78 Å². The van der Waals surface area contributed by atoms with E-state index in [0.717, 1.165) is 5.56 Å². The molecule has 0 fully saturated rings. The summed E-state index contributed by atoms with van der Waals surface area (Å²) in [6, 6.07) is 9.16. The minimum absolute atomic E-state index is 0.109. The van der Waals surface area contributed by atoms with Crippen LogP contribution in [0.3, 0.4) is 0 Å². The molecule has 0 aliphatic carbocycles. The van der Waals surface area contributed by atoms with Crippen molar-refractivity contribution in [3.8, 4) is 16.9 Å². The molecule has 4 heteroatoms. The molecule has 0 saturated carbocycles. The minimum Gasteiger partial charge on any atom is -0.494 e. The summed E-state index contributed by atoms with van der Waals surface area (Å²) >= 11 is 0. The molecule has 18 heavy (non-hydrogen) atoms. The van der Waals surface area contributed by atoms with Crippen LogP contribution in [0.5, 0.6) is 5.75 Å². The molecule has 0 amide bonds. The first-order valence-corrected chi connectivity index (χ1v) is 5.48. The number of halogens is 2. The molecule has 2 aromatic rings. The fraction of sp³-hybridized carbons (Fsp3) is 0.143. The van der Waals surface area contributed by atoms with Gasteiger partial charge in [0.25, 0.3) is 0 Å². The number of benzene rings is 2. The van der Waals surface area contributed by atoms with Gasteiger partial charge in [-0.1, -0.05) is 12.1 Å². The summed E-state index contributed by atoms with van der Waals surface area (Å²) in [5.41, 5.74) is 7.22. The molecule has 0 bridgehead atoms. The van der Waals surface area contributed by atoms with Crippen molar-refractivity contribution in [2.24, 2.45) is 5.73 Å². The van der Waals surface area contributed by atoms with E-state index in [1.54, 1.807) is 18.2 Å². The molecule has 0 radical (unpaired) electrons. The Morgan fingerprint density at radius 1 is 1.00 bits per heavy atom. The zero-order valence-corrected chi connectivity index (χ0v) is 9.91. The molecule has 0 aliphatic heterocycles. The Morgan fingerprint density at radius 3 is 2.28 bits per heavy atom. The van der Waals surface area contributed by atoms with Gasteiger partial charge in [0.1, 0.15) is 5.82 Å². The highest BCUT2D eigenvalue weighted by Gasteiger charge is 2.07. The van der Waals surface area contributed by atoms with Gasteiger partial charge in [-0.05, 0) is 35.4 Å². The van der Waals surface area contributed by atoms with Crippen LogP contribution >= 0.6 is 0 Å². The van der Waals surface area contributed by atoms with Gasteiger partial charge in [0.2, 0.25) is 0 Å². The molecule has 0 aliphatic rings. The van der Waals surface area contributed by atoms with Gasteiger partial charge in [-0.2, -0.15) is 0 Å².